The van der Waals surface area contributed by atoms with Gasteiger partial charge in [0.25, 0.3) is 0 Å². The Hall–Kier alpha value is -4.54. The Balaban J connectivity index is 1.49. The molecular formula is C38H44FN7O4S. The van der Waals surface area contributed by atoms with Gasteiger partial charge in [0.2, 0.25) is 11.9 Å². The predicted octanol–water partition coefficient (Wildman–Crippen LogP) is 7.73. The van der Waals surface area contributed by atoms with Gasteiger partial charge >= 0.3 is 6.09 Å². The number of amides is 2. The number of likely N-dealkylation sites (N-methyl/N-ethyl adjacent to an activating group) is 1. The third-order valence-corrected chi connectivity index (χ3v) is 11.6. The molecule has 2 amide bonds. The summed E-state index contributed by atoms with van der Waals surface area (Å²) in [6.45, 7) is 13.9. The van der Waals surface area contributed by atoms with E-state index in [0.29, 0.717) is 54.7 Å². The van der Waals surface area contributed by atoms with Crippen molar-refractivity contribution >= 4 is 61.1 Å². The van der Waals surface area contributed by atoms with Gasteiger partial charge < -0.3 is 24.6 Å². The molecule has 2 N–H and O–H groups in total. The van der Waals surface area contributed by atoms with Crippen molar-refractivity contribution in [1.82, 2.24) is 14.9 Å². The van der Waals surface area contributed by atoms with E-state index in [9.17, 15) is 14.9 Å². The third kappa shape index (κ3) is 6.12. The molecule has 7 rings (SSSR count). The number of aromatic nitrogens is 2. The molecule has 268 valence electrons. The zero-order chi connectivity index (χ0) is 36.4. The number of thiophene rings is 1. The van der Waals surface area contributed by atoms with Crippen LogP contribution in [0.25, 0.3) is 32.1 Å². The number of benzene rings is 2. The number of halogens is 1. The molecule has 2 aromatic carbocycles. The van der Waals surface area contributed by atoms with Gasteiger partial charge in [0.15, 0.2) is 0 Å². The number of hydrogen-bond acceptors (Lipinski definition) is 10. The Kier molecular flexibility index (Phi) is 9.04. The summed E-state index contributed by atoms with van der Waals surface area (Å²) in [5.74, 6) is 1.21. The maximum atomic E-state index is 15.6. The fourth-order valence-corrected chi connectivity index (χ4v) is 8.78. The third-order valence-electron chi connectivity index (χ3n) is 10.5. The molecule has 13 heteroatoms. The first kappa shape index (κ1) is 34.9. The van der Waals surface area contributed by atoms with Crippen molar-refractivity contribution < 1.29 is 23.5 Å². The Morgan fingerprint density at radius 1 is 1.16 bits per heavy atom. The van der Waals surface area contributed by atoms with E-state index in [1.165, 1.54) is 6.07 Å². The number of nitrogens with one attached hydrogen (secondary N) is 2. The van der Waals surface area contributed by atoms with Crippen molar-refractivity contribution in [3.05, 3.63) is 40.2 Å². The molecule has 3 aliphatic rings. The summed E-state index contributed by atoms with van der Waals surface area (Å²) < 4.78 is 27.5. The van der Waals surface area contributed by atoms with Crippen LogP contribution in [0.15, 0.2) is 12.1 Å². The summed E-state index contributed by atoms with van der Waals surface area (Å²) in [5.41, 5.74) is 4.39. The van der Waals surface area contributed by atoms with E-state index >= 15 is 4.39 Å². The smallest absolute Gasteiger partial charge is 0.412 e. The highest BCUT2D eigenvalue weighted by molar-refractivity contribution is 7.23. The van der Waals surface area contributed by atoms with Crippen molar-refractivity contribution in [3.8, 4) is 17.2 Å². The lowest BCUT2D eigenvalue weighted by Crippen LogP contribution is -2.45. The van der Waals surface area contributed by atoms with Crippen molar-refractivity contribution in [2.45, 2.75) is 98.1 Å². The van der Waals surface area contributed by atoms with Gasteiger partial charge in [-0.05, 0) is 93.2 Å². The number of nitriles is 1. The van der Waals surface area contributed by atoms with E-state index in [4.69, 9.17) is 19.4 Å². The molecule has 5 heterocycles. The average molecular weight is 714 g/mol. The second-order valence-corrected chi connectivity index (χ2v) is 15.9. The SMILES string of the molecule is CCc1c(-c2ccc(F)c3sc(NC(=O)OC(C)(C)C)c(C#N)c23)c2c(c3c(N[C@@H]4CCCN(C)C4=O)nc(N4CCC(C)C4C)nc13)COC2. The first-order valence-corrected chi connectivity index (χ1v) is 18.5. The summed E-state index contributed by atoms with van der Waals surface area (Å²) >= 11 is 1.01. The van der Waals surface area contributed by atoms with E-state index in [-0.39, 0.29) is 27.2 Å². The molecule has 0 saturated carbocycles. The summed E-state index contributed by atoms with van der Waals surface area (Å²) in [7, 11) is 1.83. The Bertz CT molecular complexity index is 2120. The molecule has 0 bridgehead atoms. The molecule has 0 radical (unpaired) electrons. The number of ether oxygens (including phenoxy) is 2. The van der Waals surface area contributed by atoms with Crippen LogP contribution in [0.2, 0.25) is 0 Å². The number of fused-ring (bicyclic) bond motifs is 4. The molecule has 11 nitrogen and oxygen atoms in total. The van der Waals surface area contributed by atoms with Crippen LogP contribution in [0.3, 0.4) is 0 Å². The molecule has 3 atom stereocenters. The van der Waals surface area contributed by atoms with E-state index < -0.39 is 23.6 Å². The Morgan fingerprint density at radius 2 is 1.92 bits per heavy atom. The van der Waals surface area contributed by atoms with Crippen LogP contribution in [0.1, 0.15) is 83.1 Å². The van der Waals surface area contributed by atoms with Crippen LogP contribution in [0.5, 0.6) is 0 Å². The van der Waals surface area contributed by atoms with E-state index in [0.717, 1.165) is 70.4 Å². The van der Waals surface area contributed by atoms with Gasteiger partial charge in [0.1, 0.15) is 34.3 Å². The highest BCUT2D eigenvalue weighted by Gasteiger charge is 2.35. The second kappa shape index (κ2) is 13.2. The number of aryl methyl sites for hydroxylation is 1. The zero-order valence-corrected chi connectivity index (χ0v) is 31.0. The highest BCUT2D eigenvalue weighted by atomic mass is 32.1. The lowest BCUT2D eigenvalue weighted by atomic mass is 9.86. The molecule has 2 fully saturated rings. The zero-order valence-electron chi connectivity index (χ0n) is 30.2. The lowest BCUT2D eigenvalue weighted by Gasteiger charge is -2.31. The van der Waals surface area contributed by atoms with Gasteiger partial charge in [-0.3, -0.25) is 10.1 Å². The van der Waals surface area contributed by atoms with E-state index in [1.807, 2.05) is 7.05 Å². The summed E-state index contributed by atoms with van der Waals surface area (Å²) in [6, 6.07) is 5.16. The molecule has 4 aromatic rings. The van der Waals surface area contributed by atoms with Gasteiger partial charge in [-0.25, -0.2) is 14.2 Å². The number of carbonyl (C=O) groups excluding carboxylic acids is 2. The normalized spacial score (nSPS) is 20.6. The summed E-state index contributed by atoms with van der Waals surface area (Å²) in [4.78, 5) is 40.6. The van der Waals surface area contributed by atoms with Crippen LogP contribution in [0, 0.1) is 23.1 Å². The molecular weight excluding hydrogens is 670 g/mol. The van der Waals surface area contributed by atoms with Crippen molar-refractivity contribution in [2.24, 2.45) is 5.92 Å². The lowest BCUT2D eigenvalue weighted by molar-refractivity contribution is -0.132. The first-order valence-electron chi connectivity index (χ1n) is 17.7. The number of piperidine rings is 1. The molecule has 0 spiro atoms. The number of rotatable bonds is 6. The number of likely N-dealkylation sites (tertiary alicyclic amines) is 1. The standard InChI is InChI=1S/C38H44FN7O4S/c1-8-21-28(22-11-12-26(39)32-29(22)23(16-40)34(51-32)44-37(48)50-38(4,5)6)24-17-49-18-25(24)30-31(21)42-36(46-15-13-19(2)20(46)3)43-33(30)41-27-10-9-14-45(7)35(27)47/h11-12,19-20,27H,8-10,13-15,17-18H2,1-7H3,(H,44,48)(H,41,42,43)/t19?,20?,27-/m1/s1. The van der Waals surface area contributed by atoms with Crippen LogP contribution in [0.4, 0.5) is 26.0 Å². The highest BCUT2D eigenvalue weighted by Crippen LogP contribution is 2.49. The molecule has 51 heavy (non-hydrogen) atoms. The monoisotopic (exact) mass is 713 g/mol. The van der Waals surface area contributed by atoms with Crippen LogP contribution in [-0.4, -0.2) is 64.7 Å². The minimum atomic E-state index is -0.759. The predicted molar refractivity (Wildman–Crippen MR) is 198 cm³/mol. The largest absolute Gasteiger partial charge is 0.444 e. The number of nitrogens with zero attached hydrogens (tertiary/aromatic N) is 5. The fourth-order valence-electron chi connectivity index (χ4n) is 7.71. The minimum Gasteiger partial charge on any atom is -0.444 e. The quantitative estimate of drug-likeness (QED) is 0.206. The topological polar surface area (TPSA) is 133 Å². The van der Waals surface area contributed by atoms with Gasteiger partial charge in [0, 0.05) is 37.0 Å². The number of anilines is 3. The van der Waals surface area contributed by atoms with Gasteiger partial charge in [-0.1, -0.05) is 19.9 Å². The van der Waals surface area contributed by atoms with Gasteiger partial charge in [-0.2, -0.15) is 10.2 Å². The summed E-state index contributed by atoms with van der Waals surface area (Å²) in [6.07, 6.45) is 2.44. The van der Waals surface area contributed by atoms with E-state index in [2.05, 4.69) is 42.4 Å². The molecule has 0 aliphatic carbocycles. The van der Waals surface area contributed by atoms with Crippen molar-refractivity contribution in [1.29, 1.82) is 5.26 Å². The van der Waals surface area contributed by atoms with Crippen molar-refractivity contribution in [3.63, 3.8) is 0 Å². The second-order valence-electron chi connectivity index (χ2n) is 14.9. The molecule has 2 aromatic heterocycles. The number of carbonyl (C=O) groups is 2. The average Bonchev–Trinajstić information content (AvgIpc) is 3.79. The maximum absolute atomic E-state index is 15.6. The Labute approximate surface area is 301 Å². The number of hydrogen-bond donors (Lipinski definition) is 2. The van der Waals surface area contributed by atoms with Gasteiger partial charge in [0.05, 0.1) is 29.0 Å². The van der Waals surface area contributed by atoms with Crippen LogP contribution in [-0.2, 0) is 33.9 Å². The first-order chi connectivity index (χ1) is 24.3. The van der Waals surface area contributed by atoms with E-state index in [1.54, 1.807) is 31.7 Å². The van der Waals surface area contributed by atoms with Gasteiger partial charge in [-0.15, -0.1) is 11.3 Å². The minimum absolute atomic E-state index is 0.0314. The molecule has 2 unspecified atom stereocenters. The summed E-state index contributed by atoms with van der Waals surface area (Å²) in [5, 5.41) is 18.2. The molecule has 3 aliphatic heterocycles. The molecule has 2 saturated heterocycles. The fraction of sp³-hybridized carbons (Fsp3) is 0.500. The maximum Gasteiger partial charge on any atom is 0.412 e. The van der Waals surface area contributed by atoms with Crippen LogP contribution >= 0.6 is 11.3 Å². The van der Waals surface area contributed by atoms with Crippen molar-refractivity contribution in [2.75, 3.05) is 35.7 Å². The Morgan fingerprint density at radius 3 is 2.61 bits per heavy atom. The van der Waals surface area contributed by atoms with Crippen LogP contribution < -0.4 is 15.5 Å².